The Bertz CT molecular complexity index is 514. The van der Waals surface area contributed by atoms with E-state index in [1.54, 1.807) is 24.7 Å². The molecule has 0 fully saturated rings. The molecule has 0 spiro atoms. The summed E-state index contributed by atoms with van der Waals surface area (Å²) in [5, 5.41) is 0.530. The predicted octanol–water partition coefficient (Wildman–Crippen LogP) is 2.48. The first kappa shape index (κ1) is 11.7. The molecule has 0 amide bonds. The Kier molecular flexibility index (Phi) is 3.83. The summed E-state index contributed by atoms with van der Waals surface area (Å²) < 4.78 is 0. The zero-order valence-electron chi connectivity index (χ0n) is 9.14. The van der Waals surface area contributed by atoms with Crippen molar-refractivity contribution >= 4 is 17.4 Å². The monoisotopic (exact) mass is 246 g/mol. The second kappa shape index (κ2) is 5.55. The number of carbonyl (C=O) groups is 1. The van der Waals surface area contributed by atoms with Gasteiger partial charge in [-0.25, -0.2) is 0 Å². The second-order valence-electron chi connectivity index (χ2n) is 3.68. The molecule has 4 heteroatoms. The topological polar surface area (TPSA) is 42.9 Å². The number of ketones is 1. The number of halogens is 1. The molecule has 0 aliphatic carbocycles. The summed E-state index contributed by atoms with van der Waals surface area (Å²) in [4.78, 5) is 19.8. The van der Waals surface area contributed by atoms with Gasteiger partial charge in [0.1, 0.15) is 5.78 Å². The third-order valence-corrected chi connectivity index (χ3v) is 2.69. The minimum Gasteiger partial charge on any atom is -0.299 e. The van der Waals surface area contributed by atoms with E-state index in [0.29, 0.717) is 17.9 Å². The fourth-order valence-corrected chi connectivity index (χ4v) is 1.71. The molecule has 3 nitrogen and oxygen atoms in total. The average Bonchev–Trinajstić information content (AvgIpc) is 2.33. The van der Waals surface area contributed by atoms with E-state index in [9.17, 15) is 4.79 Å². The van der Waals surface area contributed by atoms with E-state index in [-0.39, 0.29) is 5.78 Å². The summed E-state index contributed by atoms with van der Waals surface area (Å²) in [5.41, 5.74) is 1.59. The van der Waals surface area contributed by atoms with Crippen LogP contribution in [0.25, 0.3) is 0 Å². The molecule has 0 aliphatic heterocycles. The molecule has 0 N–H and O–H groups in total. The first-order valence-corrected chi connectivity index (χ1v) is 5.63. The van der Waals surface area contributed by atoms with Gasteiger partial charge in [-0.05, 0) is 23.8 Å². The molecule has 2 aromatic rings. The summed E-state index contributed by atoms with van der Waals surface area (Å²) in [7, 11) is 0. The Labute approximate surface area is 104 Å². The van der Waals surface area contributed by atoms with Crippen molar-refractivity contribution in [3.8, 4) is 0 Å². The molecule has 2 aromatic heterocycles. The number of Topliss-reactive ketones (excluding diaryl/α,β-unsaturated/α-hetero) is 1. The first-order chi connectivity index (χ1) is 8.25. The van der Waals surface area contributed by atoms with E-state index < -0.39 is 0 Å². The quantitative estimate of drug-likeness (QED) is 0.832. The van der Waals surface area contributed by atoms with Crippen LogP contribution in [0.3, 0.4) is 0 Å². The number of hydrogen-bond acceptors (Lipinski definition) is 3. The minimum absolute atomic E-state index is 0.0943. The van der Waals surface area contributed by atoms with Crippen molar-refractivity contribution in [2.24, 2.45) is 0 Å². The Morgan fingerprint density at radius 1 is 1.18 bits per heavy atom. The summed E-state index contributed by atoms with van der Waals surface area (Å²) in [6.45, 7) is 0. The molecule has 0 saturated heterocycles. The van der Waals surface area contributed by atoms with Gasteiger partial charge < -0.3 is 0 Å². The predicted molar refractivity (Wildman–Crippen MR) is 65.9 cm³/mol. The molecular formula is C13H11ClN2O. The number of carbonyl (C=O) groups excluding carboxylic acids is 1. The lowest BCUT2D eigenvalue weighted by Crippen LogP contribution is -2.08. The van der Waals surface area contributed by atoms with E-state index in [4.69, 9.17) is 11.6 Å². The molecule has 2 rings (SSSR count). The highest BCUT2D eigenvalue weighted by Crippen LogP contribution is 2.14. The van der Waals surface area contributed by atoms with Gasteiger partial charge >= 0.3 is 0 Å². The molecule has 0 radical (unpaired) electrons. The van der Waals surface area contributed by atoms with Crippen LogP contribution >= 0.6 is 11.6 Å². The molecule has 0 atom stereocenters. The zero-order chi connectivity index (χ0) is 12.1. The van der Waals surface area contributed by atoms with Gasteiger partial charge in [0.25, 0.3) is 0 Å². The Balaban J connectivity index is 2.01. The lowest BCUT2D eigenvalue weighted by Gasteiger charge is -2.02. The fourth-order valence-electron chi connectivity index (χ4n) is 1.53. The van der Waals surface area contributed by atoms with Crippen molar-refractivity contribution in [2.45, 2.75) is 12.8 Å². The van der Waals surface area contributed by atoms with Gasteiger partial charge in [0.15, 0.2) is 0 Å². The fraction of sp³-hybridized carbons (Fsp3) is 0.154. The molecule has 2 heterocycles. The summed E-state index contributed by atoms with van der Waals surface area (Å²) in [6.07, 6.45) is 5.51. The first-order valence-electron chi connectivity index (χ1n) is 5.25. The number of hydrogen-bond donors (Lipinski definition) is 0. The van der Waals surface area contributed by atoms with Crippen LogP contribution in [0.5, 0.6) is 0 Å². The highest BCUT2D eigenvalue weighted by molar-refractivity contribution is 6.31. The lowest BCUT2D eigenvalue weighted by molar-refractivity contribution is -0.117. The number of nitrogens with zero attached hydrogens (tertiary/aromatic N) is 2. The van der Waals surface area contributed by atoms with Crippen LogP contribution in [0, 0.1) is 0 Å². The average molecular weight is 247 g/mol. The molecule has 86 valence electrons. The van der Waals surface area contributed by atoms with Crippen molar-refractivity contribution in [1.29, 1.82) is 0 Å². The van der Waals surface area contributed by atoms with E-state index in [1.807, 2.05) is 18.2 Å². The molecule has 0 unspecified atom stereocenters. The van der Waals surface area contributed by atoms with Gasteiger partial charge in [0.2, 0.25) is 0 Å². The maximum absolute atomic E-state index is 11.8. The van der Waals surface area contributed by atoms with Crippen LogP contribution in [0.4, 0.5) is 0 Å². The smallest absolute Gasteiger partial charge is 0.143 e. The number of rotatable bonds is 4. The molecule has 17 heavy (non-hydrogen) atoms. The normalized spacial score (nSPS) is 10.2. The van der Waals surface area contributed by atoms with Gasteiger partial charge in [0.05, 0.1) is 5.02 Å². The van der Waals surface area contributed by atoms with Crippen molar-refractivity contribution in [3.05, 3.63) is 59.1 Å². The maximum Gasteiger partial charge on any atom is 0.143 e. The molecule has 0 aromatic carbocycles. The van der Waals surface area contributed by atoms with E-state index in [1.165, 1.54) is 0 Å². The van der Waals surface area contributed by atoms with Gasteiger partial charge in [0, 0.05) is 37.1 Å². The van der Waals surface area contributed by atoms with Crippen molar-refractivity contribution < 1.29 is 4.79 Å². The van der Waals surface area contributed by atoms with E-state index in [0.717, 1.165) is 11.3 Å². The molecular weight excluding hydrogens is 236 g/mol. The van der Waals surface area contributed by atoms with Crippen LogP contribution in [0.2, 0.25) is 5.02 Å². The largest absolute Gasteiger partial charge is 0.299 e. The standard InChI is InChI=1S/C13H11ClN2O/c14-13-9-15-6-4-10(13)7-12(17)8-11-3-1-2-5-16-11/h1-6,9H,7-8H2. The second-order valence-corrected chi connectivity index (χ2v) is 4.09. The van der Waals surface area contributed by atoms with Crippen LogP contribution in [0.1, 0.15) is 11.3 Å². The van der Waals surface area contributed by atoms with Gasteiger partial charge in [-0.3, -0.25) is 14.8 Å². The number of pyridine rings is 2. The molecule has 0 saturated carbocycles. The lowest BCUT2D eigenvalue weighted by atomic mass is 10.1. The van der Waals surface area contributed by atoms with Crippen LogP contribution in [-0.4, -0.2) is 15.8 Å². The van der Waals surface area contributed by atoms with Crippen molar-refractivity contribution in [1.82, 2.24) is 9.97 Å². The molecule has 0 bridgehead atoms. The minimum atomic E-state index is 0.0943. The summed E-state index contributed by atoms with van der Waals surface area (Å²) in [5.74, 6) is 0.0943. The van der Waals surface area contributed by atoms with Crippen LogP contribution in [0.15, 0.2) is 42.9 Å². The third kappa shape index (κ3) is 3.36. The Morgan fingerprint density at radius 3 is 2.76 bits per heavy atom. The van der Waals surface area contributed by atoms with Crippen LogP contribution < -0.4 is 0 Å². The van der Waals surface area contributed by atoms with Gasteiger partial charge in [-0.2, -0.15) is 0 Å². The third-order valence-electron chi connectivity index (χ3n) is 2.35. The van der Waals surface area contributed by atoms with Crippen LogP contribution in [-0.2, 0) is 17.6 Å². The summed E-state index contributed by atoms with van der Waals surface area (Å²) in [6, 6.07) is 7.30. The van der Waals surface area contributed by atoms with E-state index >= 15 is 0 Å². The number of aromatic nitrogens is 2. The zero-order valence-corrected chi connectivity index (χ0v) is 9.89. The van der Waals surface area contributed by atoms with E-state index in [2.05, 4.69) is 9.97 Å². The summed E-state index contributed by atoms with van der Waals surface area (Å²) >= 11 is 5.94. The van der Waals surface area contributed by atoms with Crippen molar-refractivity contribution in [2.75, 3.05) is 0 Å². The Morgan fingerprint density at radius 2 is 2.06 bits per heavy atom. The molecule has 0 aliphatic rings. The van der Waals surface area contributed by atoms with Gasteiger partial charge in [-0.1, -0.05) is 17.7 Å². The highest BCUT2D eigenvalue weighted by Gasteiger charge is 2.08. The maximum atomic E-state index is 11.8. The SMILES string of the molecule is O=C(Cc1ccccn1)Cc1ccncc1Cl. The highest BCUT2D eigenvalue weighted by atomic mass is 35.5. The Hall–Kier alpha value is -1.74. The van der Waals surface area contributed by atoms with Gasteiger partial charge in [-0.15, -0.1) is 0 Å². The van der Waals surface area contributed by atoms with Crippen molar-refractivity contribution in [3.63, 3.8) is 0 Å².